The zero-order chi connectivity index (χ0) is 14.0. The number of carbonyl (C=O) groups excluding carboxylic acids is 3. The number of hydrogen-bond donors (Lipinski definition) is 0. The maximum Gasteiger partial charge on any atom is 0.326 e. The Bertz CT molecular complexity index is 516. The van der Waals surface area contributed by atoms with E-state index in [1.54, 1.807) is 6.92 Å². The highest BCUT2D eigenvalue weighted by Crippen LogP contribution is 2.33. The molecule has 1 saturated heterocycles. The van der Waals surface area contributed by atoms with Crippen molar-refractivity contribution in [1.82, 2.24) is 4.90 Å². The number of allylic oxidation sites excluding steroid dienone is 3. The lowest BCUT2D eigenvalue weighted by molar-refractivity contribution is -0.152. The van der Waals surface area contributed by atoms with Gasteiger partial charge in [0.1, 0.15) is 6.54 Å². The average molecular weight is 261 g/mol. The second kappa shape index (κ2) is 5.22. The highest BCUT2D eigenvalue weighted by atomic mass is 16.5. The van der Waals surface area contributed by atoms with Crippen molar-refractivity contribution in [3.63, 3.8) is 0 Å². The molecule has 19 heavy (non-hydrogen) atoms. The van der Waals surface area contributed by atoms with Crippen molar-refractivity contribution < 1.29 is 19.1 Å². The molecular formula is C14H15NO4. The summed E-state index contributed by atoms with van der Waals surface area (Å²) < 4.78 is 4.75. The molecule has 2 rings (SSSR count). The number of hydrogen-bond acceptors (Lipinski definition) is 4. The molecule has 2 amide bonds. The lowest BCUT2D eigenvalue weighted by Crippen LogP contribution is -2.36. The van der Waals surface area contributed by atoms with E-state index in [9.17, 15) is 14.4 Å². The van der Waals surface area contributed by atoms with Crippen molar-refractivity contribution in [2.75, 3.05) is 13.2 Å². The Labute approximate surface area is 111 Å². The third-order valence-electron chi connectivity index (χ3n) is 3.14. The fraction of sp³-hybridized carbons (Fsp3) is 0.357. The molecule has 0 aromatic heterocycles. The highest BCUT2D eigenvalue weighted by Gasteiger charge is 2.44. The van der Waals surface area contributed by atoms with Crippen LogP contribution in [0.25, 0.3) is 0 Å². The highest BCUT2D eigenvalue weighted by molar-refractivity contribution is 6.17. The van der Waals surface area contributed by atoms with E-state index < -0.39 is 23.7 Å². The fourth-order valence-corrected chi connectivity index (χ4v) is 2.25. The third kappa shape index (κ3) is 2.36. The minimum atomic E-state index is -0.628. The van der Waals surface area contributed by atoms with E-state index in [1.807, 2.05) is 18.2 Å². The van der Waals surface area contributed by atoms with Crippen LogP contribution in [0.2, 0.25) is 0 Å². The van der Waals surface area contributed by atoms with Crippen LogP contribution in [0.3, 0.4) is 0 Å². The van der Waals surface area contributed by atoms with Gasteiger partial charge in [0.15, 0.2) is 0 Å². The van der Waals surface area contributed by atoms with Crippen molar-refractivity contribution in [3.8, 4) is 0 Å². The van der Waals surface area contributed by atoms with Gasteiger partial charge in [-0.05, 0) is 18.9 Å². The van der Waals surface area contributed by atoms with Crippen LogP contribution in [-0.4, -0.2) is 35.8 Å². The fourth-order valence-electron chi connectivity index (χ4n) is 2.25. The Balaban J connectivity index is 2.15. The molecule has 0 saturated carbocycles. The van der Waals surface area contributed by atoms with Gasteiger partial charge in [-0.15, -0.1) is 0 Å². The van der Waals surface area contributed by atoms with E-state index in [1.165, 1.54) is 0 Å². The first-order valence-electron chi connectivity index (χ1n) is 6.12. The molecule has 1 atom stereocenters. The maximum atomic E-state index is 12.2. The minimum Gasteiger partial charge on any atom is -0.465 e. The summed E-state index contributed by atoms with van der Waals surface area (Å²) >= 11 is 0. The first-order valence-corrected chi connectivity index (χ1v) is 6.12. The zero-order valence-electron chi connectivity index (χ0n) is 10.7. The number of likely N-dealkylation sites (tertiary alicyclic amines) is 1. The SMILES string of the molecule is C=C1C(=O)N(CC(=O)OCC)C(=O)C1C1=CC=CC1. The third-order valence-corrected chi connectivity index (χ3v) is 3.14. The van der Waals surface area contributed by atoms with Gasteiger partial charge >= 0.3 is 5.97 Å². The van der Waals surface area contributed by atoms with Gasteiger partial charge < -0.3 is 4.74 Å². The molecule has 0 radical (unpaired) electrons. The van der Waals surface area contributed by atoms with Gasteiger partial charge in [0.2, 0.25) is 5.91 Å². The molecule has 5 nitrogen and oxygen atoms in total. The summed E-state index contributed by atoms with van der Waals surface area (Å²) in [7, 11) is 0. The van der Waals surface area contributed by atoms with Crippen LogP contribution in [-0.2, 0) is 19.1 Å². The van der Waals surface area contributed by atoms with Gasteiger partial charge in [-0.1, -0.05) is 24.8 Å². The summed E-state index contributed by atoms with van der Waals surface area (Å²) in [5.74, 6) is -2.10. The van der Waals surface area contributed by atoms with Crippen LogP contribution >= 0.6 is 0 Å². The predicted molar refractivity (Wildman–Crippen MR) is 67.8 cm³/mol. The number of rotatable bonds is 4. The Hall–Kier alpha value is -2.17. The molecule has 5 heteroatoms. The van der Waals surface area contributed by atoms with Crippen LogP contribution in [0, 0.1) is 5.92 Å². The summed E-state index contributed by atoms with van der Waals surface area (Å²) in [6.07, 6.45) is 6.20. The van der Waals surface area contributed by atoms with Crippen molar-refractivity contribution in [2.24, 2.45) is 5.92 Å². The summed E-state index contributed by atoms with van der Waals surface area (Å²) in [6, 6.07) is 0. The maximum absolute atomic E-state index is 12.2. The molecule has 0 aromatic rings. The lowest BCUT2D eigenvalue weighted by atomic mass is 9.93. The first kappa shape index (κ1) is 13.3. The molecule has 1 aliphatic heterocycles. The molecular weight excluding hydrogens is 246 g/mol. The Morgan fingerprint density at radius 3 is 2.84 bits per heavy atom. The Morgan fingerprint density at radius 2 is 2.26 bits per heavy atom. The number of imide groups is 1. The lowest BCUT2D eigenvalue weighted by Gasteiger charge is -2.13. The number of amides is 2. The summed E-state index contributed by atoms with van der Waals surface area (Å²) in [5, 5.41) is 0. The van der Waals surface area contributed by atoms with Gasteiger partial charge in [0.05, 0.1) is 12.5 Å². The van der Waals surface area contributed by atoms with E-state index in [4.69, 9.17) is 4.74 Å². The molecule has 0 N–H and O–H groups in total. The molecule has 1 heterocycles. The minimum absolute atomic E-state index is 0.217. The number of carbonyl (C=O) groups is 3. The van der Waals surface area contributed by atoms with Crippen LogP contribution < -0.4 is 0 Å². The first-order chi connectivity index (χ1) is 9.06. The summed E-state index contributed by atoms with van der Waals surface area (Å²) in [4.78, 5) is 36.5. The van der Waals surface area contributed by atoms with E-state index in [-0.39, 0.29) is 18.7 Å². The quantitative estimate of drug-likeness (QED) is 0.430. The van der Waals surface area contributed by atoms with Crippen molar-refractivity contribution in [3.05, 3.63) is 36.0 Å². The average Bonchev–Trinajstić information content (AvgIpc) is 2.94. The predicted octanol–water partition coefficient (Wildman–Crippen LogP) is 0.977. The van der Waals surface area contributed by atoms with E-state index in [2.05, 4.69) is 6.58 Å². The van der Waals surface area contributed by atoms with E-state index >= 15 is 0 Å². The monoisotopic (exact) mass is 261 g/mol. The van der Waals surface area contributed by atoms with Crippen molar-refractivity contribution in [2.45, 2.75) is 13.3 Å². The Morgan fingerprint density at radius 1 is 1.53 bits per heavy atom. The summed E-state index contributed by atoms with van der Waals surface area (Å²) in [5.41, 5.74) is 1.07. The molecule has 0 bridgehead atoms. The second-order valence-electron chi connectivity index (χ2n) is 4.37. The standard InChI is InChI=1S/C14H15NO4/c1-3-19-11(16)8-15-13(17)9(2)12(14(15)18)10-6-4-5-7-10/h4-6,12H,2-3,7-8H2,1H3. The Kier molecular flexibility index (Phi) is 3.64. The van der Waals surface area contributed by atoms with Crippen LogP contribution in [0.4, 0.5) is 0 Å². The van der Waals surface area contributed by atoms with Crippen LogP contribution in [0.1, 0.15) is 13.3 Å². The molecule has 1 aliphatic carbocycles. The molecule has 1 fully saturated rings. The largest absolute Gasteiger partial charge is 0.465 e. The molecule has 0 spiro atoms. The summed E-state index contributed by atoms with van der Waals surface area (Å²) in [6.45, 7) is 5.22. The van der Waals surface area contributed by atoms with E-state index in [0.29, 0.717) is 6.42 Å². The topological polar surface area (TPSA) is 63.7 Å². The van der Waals surface area contributed by atoms with Gasteiger partial charge in [0, 0.05) is 5.57 Å². The van der Waals surface area contributed by atoms with E-state index in [0.717, 1.165) is 10.5 Å². The normalized spacial score (nSPS) is 22.2. The van der Waals surface area contributed by atoms with Crippen LogP contribution in [0.5, 0.6) is 0 Å². The van der Waals surface area contributed by atoms with Crippen molar-refractivity contribution >= 4 is 17.8 Å². The number of ether oxygens (including phenoxy) is 1. The van der Waals surface area contributed by atoms with Crippen molar-refractivity contribution in [1.29, 1.82) is 0 Å². The molecule has 2 aliphatic rings. The molecule has 1 unspecified atom stereocenters. The van der Waals surface area contributed by atoms with Gasteiger partial charge in [-0.3, -0.25) is 19.3 Å². The van der Waals surface area contributed by atoms with Gasteiger partial charge in [-0.2, -0.15) is 0 Å². The molecule has 0 aromatic carbocycles. The second-order valence-corrected chi connectivity index (χ2v) is 4.37. The van der Waals surface area contributed by atoms with Gasteiger partial charge in [0.25, 0.3) is 5.91 Å². The smallest absolute Gasteiger partial charge is 0.326 e. The molecule has 100 valence electrons. The number of nitrogens with zero attached hydrogens (tertiary/aromatic N) is 1. The zero-order valence-corrected chi connectivity index (χ0v) is 10.7. The van der Waals surface area contributed by atoms with Crippen LogP contribution in [0.15, 0.2) is 36.0 Å². The number of esters is 1. The van der Waals surface area contributed by atoms with Gasteiger partial charge in [-0.25, -0.2) is 0 Å².